The fourth-order valence-corrected chi connectivity index (χ4v) is 1.54. The third kappa shape index (κ3) is 2.21. The molecule has 5 N–H and O–H groups in total. The number of H-pyrrole nitrogens is 1. The molecule has 1 atom stereocenters. The summed E-state index contributed by atoms with van der Waals surface area (Å²) in [7, 11) is 0. The maximum atomic E-state index is 11.9. The minimum absolute atomic E-state index is 0.115. The van der Waals surface area contributed by atoms with E-state index in [1.807, 2.05) is 0 Å². The van der Waals surface area contributed by atoms with Crippen LogP contribution in [0.3, 0.4) is 0 Å². The molecular weight excluding hydrogens is 220 g/mol. The highest BCUT2D eigenvalue weighted by atomic mass is 16.3. The number of aliphatic hydroxyl groups excluding tert-OH is 1. The van der Waals surface area contributed by atoms with Crippen LogP contribution in [0.2, 0.25) is 0 Å². The fourth-order valence-electron chi connectivity index (χ4n) is 1.54. The van der Waals surface area contributed by atoms with Gasteiger partial charge in [0.25, 0.3) is 5.91 Å². The third-order valence-corrected chi connectivity index (χ3v) is 2.45. The Bertz CT molecular complexity index is 549. The molecule has 90 valence electrons. The minimum Gasteiger partial charge on any atom is -0.399 e. The molecule has 1 aromatic heterocycles. The van der Waals surface area contributed by atoms with Crippen molar-refractivity contribution in [1.29, 1.82) is 0 Å². The summed E-state index contributed by atoms with van der Waals surface area (Å²) in [6.45, 7) is 1.59. The molecule has 1 amide bonds. The second kappa shape index (κ2) is 4.42. The van der Waals surface area contributed by atoms with Gasteiger partial charge in [-0.2, -0.15) is 5.10 Å². The van der Waals surface area contributed by atoms with Crippen molar-refractivity contribution in [3.63, 3.8) is 0 Å². The van der Waals surface area contributed by atoms with E-state index in [0.717, 1.165) is 5.52 Å². The Labute approximate surface area is 97.8 Å². The van der Waals surface area contributed by atoms with Crippen LogP contribution in [0.4, 0.5) is 5.69 Å². The number of carbonyl (C=O) groups excluding carboxylic acids is 1. The summed E-state index contributed by atoms with van der Waals surface area (Å²) in [5, 5.41) is 18.9. The van der Waals surface area contributed by atoms with Crippen LogP contribution in [-0.4, -0.2) is 33.9 Å². The fraction of sp³-hybridized carbons (Fsp3) is 0.273. The Kier molecular flexibility index (Phi) is 2.97. The molecule has 0 aliphatic rings. The number of aromatic amines is 1. The monoisotopic (exact) mass is 234 g/mol. The third-order valence-electron chi connectivity index (χ3n) is 2.45. The van der Waals surface area contributed by atoms with E-state index in [0.29, 0.717) is 11.1 Å². The highest BCUT2D eigenvalue weighted by Crippen LogP contribution is 2.18. The molecule has 2 aromatic rings. The average Bonchev–Trinajstić information content (AvgIpc) is 2.71. The molecule has 0 saturated heterocycles. The zero-order valence-corrected chi connectivity index (χ0v) is 9.40. The lowest BCUT2D eigenvalue weighted by Gasteiger charge is -2.09. The van der Waals surface area contributed by atoms with Crippen LogP contribution >= 0.6 is 0 Å². The second-order valence-electron chi connectivity index (χ2n) is 3.93. The standard InChI is InChI=1S/C11H14N4O2/c1-6(5-16)13-11(17)10-8-4-7(12)2-3-9(8)14-15-10/h2-4,6,16H,5,12H2,1H3,(H,13,17)(H,14,15)/t6-/m1/s1. The van der Waals surface area contributed by atoms with Crippen molar-refractivity contribution in [3.05, 3.63) is 23.9 Å². The number of benzene rings is 1. The molecule has 0 spiro atoms. The van der Waals surface area contributed by atoms with Crippen molar-refractivity contribution in [2.24, 2.45) is 0 Å². The zero-order valence-electron chi connectivity index (χ0n) is 9.40. The molecule has 17 heavy (non-hydrogen) atoms. The number of nitrogens with zero attached hydrogens (tertiary/aromatic N) is 1. The molecule has 0 aliphatic heterocycles. The van der Waals surface area contributed by atoms with Gasteiger partial charge in [0.2, 0.25) is 0 Å². The second-order valence-corrected chi connectivity index (χ2v) is 3.93. The van der Waals surface area contributed by atoms with Crippen LogP contribution in [0.5, 0.6) is 0 Å². The van der Waals surface area contributed by atoms with Crippen LogP contribution in [0.15, 0.2) is 18.2 Å². The first-order chi connectivity index (χ1) is 8.11. The molecular formula is C11H14N4O2. The van der Waals surface area contributed by atoms with E-state index in [-0.39, 0.29) is 24.2 Å². The molecule has 6 heteroatoms. The van der Waals surface area contributed by atoms with Gasteiger partial charge in [-0.1, -0.05) is 0 Å². The van der Waals surface area contributed by atoms with Gasteiger partial charge in [-0.3, -0.25) is 9.89 Å². The Balaban J connectivity index is 2.35. The first kappa shape index (κ1) is 11.4. The normalized spacial score (nSPS) is 12.6. The maximum Gasteiger partial charge on any atom is 0.272 e. The SMILES string of the molecule is C[C@H](CO)NC(=O)c1n[nH]c2ccc(N)cc12. The first-order valence-corrected chi connectivity index (χ1v) is 5.27. The molecule has 0 bridgehead atoms. The number of anilines is 1. The van der Waals surface area contributed by atoms with Gasteiger partial charge in [-0.05, 0) is 25.1 Å². The molecule has 0 radical (unpaired) electrons. The van der Waals surface area contributed by atoms with E-state index in [1.165, 1.54) is 0 Å². The van der Waals surface area contributed by atoms with Gasteiger partial charge in [-0.15, -0.1) is 0 Å². The molecule has 0 fully saturated rings. The number of fused-ring (bicyclic) bond motifs is 1. The van der Waals surface area contributed by atoms with E-state index >= 15 is 0 Å². The number of hydrogen-bond donors (Lipinski definition) is 4. The van der Waals surface area contributed by atoms with Gasteiger partial charge in [0.1, 0.15) is 0 Å². The number of rotatable bonds is 3. The van der Waals surface area contributed by atoms with Gasteiger partial charge in [0.05, 0.1) is 12.1 Å². The van der Waals surface area contributed by atoms with Gasteiger partial charge < -0.3 is 16.2 Å². The van der Waals surface area contributed by atoms with Crippen molar-refractivity contribution >= 4 is 22.5 Å². The van der Waals surface area contributed by atoms with Crippen LogP contribution in [0, 0.1) is 0 Å². The summed E-state index contributed by atoms with van der Waals surface area (Å²) in [6, 6.07) is 4.88. The van der Waals surface area contributed by atoms with Gasteiger partial charge in [0.15, 0.2) is 5.69 Å². The number of aliphatic hydroxyl groups is 1. The number of amides is 1. The smallest absolute Gasteiger partial charge is 0.272 e. The van der Waals surface area contributed by atoms with Gasteiger partial charge in [0, 0.05) is 17.1 Å². The van der Waals surface area contributed by atoms with Crippen molar-refractivity contribution in [3.8, 4) is 0 Å². The molecule has 0 unspecified atom stereocenters. The largest absolute Gasteiger partial charge is 0.399 e. The number of nitrogen functional groups attached to an aromatic ring is 1. The van der Waals surface area contributed by atoms with E-state index in [9.17, 15) is 4.79 Å². The predicted octanol–water partition coefficient (Wildman–Crippen LogP) is 0.256. The summed E-state index contributed by atoms with van der Waals surface area (Å²) in [5.41, 5.74) is 7.27. The van der Waals surface area contributed by atoms with Crippen LogP contribution in [0.25, 0.3) is 10.9 Å². The quantitative estimate of drug-likeness (QED) is 0.571. The van der Waals surface area contributed by atoms with Gasteiger partial charge in [-0.25, -0.2) is 0 Å². The first-order valence-electron chi connectivity index (χ1n) is 5.27. The van der Waals surface area contributed by atoms with Crippen LogP contribution in [0.1, 0.15) is 17.4 Å². The molecule has 0 aliphatic carbocycles. The number of aromatic nitrogens is 2. The lowest BCUT2D eigenvalue weighted by atomic mass is 10.2. The van der Waals surface area contributed by atoms with E-state index < -0.39 is 0 Å². The van der Waals surface area contributed by atoms with E-state index in [4.69, 9.17) is 10.8 Å². The van der Waals surface area contributed by atoms with Crippen LogP contribution < -0.4 is 11.1 Å². The highest BCUT2D eigenvalue weighted by molar-refractivity contribution is 6.05. The summed E-state index contributed by atoms with van der Waals surface area (Å²) in [4.78, 5) is 11.9. The highest BCUT2D eigenvalue weighted by Gasteiger charge is 2.15. The Morgan fingerprint density at radius 2 is 2.41 bits per heavy atom. The van der Waals surface area contributed by atoms with Crippen molar-refractivity contribution in [2.75, 3.05) is 12.3 Å². The van der Waals surface area contributed by atoms with Crippen molar-refractivity contribution < 1.29 is 9.90 Å². The minimum atomic E-state index is -0.330. The Morgan fingerprint density at radius 1 is 1.65 bits per heavy atom. The predicted molar refractivity (Wildman–Crippen MR) is 64.5 cm³/mol. The molecule has 1 heterocycles. The molecule has 2 rings (SSSR count). The van der Waals surface area contributed by atoms with Crippen molar-refractivity contribution in [1.82, 2.24) is 15.5 Å². The molecule has 1 aromatic carbocycles. The lowest BCUT2D eigenvalue weighted by molar-refractivity contribution is 0.0919. The summed E-state index contributed by atoms with van der Waals surface area (Å²) in [5.74, 6) is -0.330. The molecule has 0 saturated carbocycles. The average molecular weight is 234 g/mol. The summed E-state index contributed by atoms with van der Waals surface area (Å²) < 4.78 is 0. The summed E-state index contributed by atoms with van der Waals surface area (Å²) >= 11 is 0. The number of nitrogens with two attached hydrogens (primary N) is 1. The van der Waals surface area contributed by atoms with E-state index in [2.05, 4.69) is 15.5 Å². The number of hydrogen-bond acceptors (Lipinski definition) is 4. The maximum absolute atomic E-state index is 11.9. The molecule has 6 nitrogen and oxygen atoms in total. The van der Waals surface area contributed by atoms with Crippen molar-refractivity contribution in [2.45, 2.75) is 13.0 Å². The Hall–Kier alpha value is -2.08. The van der Waals surface area contributed by atoms with E-state index in [1.54, 1.807) is 25.1 Å². The van der Waals surface area contributed by atoms with Crippen LogP contribution in [-0.2, 0) is 0 Å². The van der Waals surface area contributed by atoms with Gasteiger partial charge >= 0.3 is 0 Å². The zero-order chi connectivity index (χ0) is 12.4. The summed E-state index contributed by atoms with van der Waals surface area (Å²) in [6.07, 6.45) is 0. The number of carbonyl (C=O) groups is 1. The Morgan fingerprint density at radius 3 is 3.12 bits per heavy atom. The lowest BCUT2D eigenvalue weighted by Crippen LogP contribution is -2.35. The number of nitrogens with one attached hydrogen (secondary N) is 2. The topological polar surface area (TPSA) is 104 Å².